The van der Waals surface area contributed by atoms with Crippen LogP contribution in [-0.2, 0) is 13.5 Å². The average Bonchev–Trinajstić information content (AvgIpc) is 2.72. The molecule has 5 nitrogen and oxygen atoms in total. The molecule has 0 saturated heterocycles. The maximum atomic E-state index is 13.6. The molecule has 0 aliphatic rings. The molecule has 19 heavy (non-hydrogen) atoms. The van der Waals surface area contributed by atoms with Gasteiger partial charge in [-0.1, -0.05) is 12.1 Å². The van der Waals surface area contributed by atoms with Crippen molar-refractivity contribution in [3.05, 3.63) is 47.2 Å². The number of rotatable bonds is 4. The predicted molar refractivity (Wildman–Crippen MR) is 67.7 cm³/mol. The highest BCUT2D eigenvalue weighted by molar-refractivity contribution is 5.41. The number of nitrogens with zero attached hydrogens (tertiary/aromatic N) is 2. The molecule has 2 rings (SSSR count). The fraction of sp³-hybridized carbons (Fsp3) is 0.250. The average molecular weight is 267 g/mol. The zero-order chi connectivity index (χ0) is 14.0. The van der Waals surface area contributed by atoms with E-state index in [4.69, 9.17) is 11.6 Å². The van der Waals surface area contributed by atoms with Crippen LogP contribution in [0.1, 0.15) is 17.2 Å². The number of nitrogens with two attached hydrogens (primary N) is 2. The normalized spacial score (nSPS) is 12.6. The van der Waals surface area contributed by atoms with Gasteiger partial charge in [-0.2, -0.15) is 5.10 Å². The van der Waals surface area contributed by atoms with Crippen LogP contribution in [0.3, 0.4) is 0 Å². The number of halogens is 2. The summed E-state index contributed by atoms with van der Waals surface area (Å²) < 4.78 is 28.3. The molecule has 1 aromatic carbocycles. The Labute approximate surface area is 109 Å². The van der Waals surface area contributed by atoms with Gasteiger partial charge in [0.25, 0.3) is 0 Å². The van der Waals surface area contributed by atoms with E-state index in [1.54, 1.807) is 13.2 Å². The van der Waals surface area contributed by atoms with Gasteiger partial charge in [-0.25, -0.2) is 8.78 Å². The Bertz CT molecular complexity index is 581. The van der Waals surface area contributed by atoms with Crippen molar-refractivity contribution in [2.75, 3.05) is 5.73 Å². The van der Waals surface area contributed by atoms with E-state index in [9.17, 15) is 8.78 Å². The van der Waals surface area contributed by atoms with E-state index in [1.807, 2.05) is 0 Å². The standard InChI is InChI=1S/C12H15F2N5/c1-19-12(15)8(6-17-19)10(18-16)5-7-3-2-4-9(13)11(7)14/h2-4,6,10,18H,5,15-16H2,1H3. The van der Waals surface area contributed by atoms with Crippen molar-refractivity contribution < 1.29 is 8.78 Å². The smallest absolute Gasteiger partial charge is 0.162 e. The lowest BCUT2D eigenvalue weighted by molar-refractivity contribution is 0.481. The van der Waals surface area contributed by atoms with E-state index < -0.39 is 17.7 Å². The molecule has 102 valence electrons. The van der Waals surface area contributed by atoms with E-state index in [0.717, 1.165) is 6.07 Å². The third-order valence-electron chi connectivity index (χ3n) is 3.05. The molecular weight excluding hydrogens is 252 g/mol. The molecule has 1 aromatic heterocycles. The number of aromatic nitrogens is 2. The van der Waals surface area contributed by atoms with Gasteiger partial charge in [0.1, 0.15) is 5.82 Å². The van der Waals surface area contributed by atoms with Crippen LogP contribution in [0.25, 0.3) is 0 Å². The van der Waals surface area contributed by atoms with Crippen LogP contribution in [-0.4, -0.2) is 9.78 Å². The fourth-order valence-corrected chi connectivity index (χ4v) is 1.92. The number of aryl methyl sites for hydroxylation is 1. The number of nitrogens with one attached hydrogen (secondary N) is 1. The van der Waals surface area contributed by atoms with Gasteiger partial charge in [-0.15, -0.1) is 0 Å². The predicted octanol–water partition coefficient (Wildman–Crippen LogP) is 1.03. The molecule has 0 bridgehead atoms. The number of hydrazine groups is 1. The Hall–Kier alpha value is -1.99. The van der Waals surface area contributed by atoms with Crippen LogP contribution in [0, 0.1) is 11.6 Å². The lowest BCUT2D eigenvalue weighted by Gasteiger charge is -2.16. The van der Waals surface area contributed by atoms with Crippen molar-refractivity contribution in [1.82, 2.24) is 15.2 Å². The van der Waals surface area contributed by atoms with Gasteiger partial charge in [0.05, 0.1) is 12.2 Å². The SMILES string of the molecule is Cn1ncc(C(Cc2cccc(F)c2F)NN)c1N. The topological polar surface area (TPSA) is 81.9 Å². The van der Waals surface area contributed by atoms with E-state index >= 15 is 0 Å². The number of benzene rings is 1. The largest absolute Gasteiger partial charge is 0.384 e. The minimum absolute atomic E-state index is 0.177. The quantitative estimate of drug-likeness (QED) is 0.571. The molecule has 0 radical (unpaired) electrons. The highest BCUT2D eigenvalue weighted by Crippen LogP contribution is 2.24. The molecule has 1 unspecified atom stereocenters. The van der Waals surface area contributed by atoms with E-state index in [-0.39, 0.29) is 12.0 Å². The van der Waals surface area contributed by atoms with Crippen molar-refractivity contribution in [2.24, 2.45) is 12.9 Å². The second-order valence-electron chi connectivity index (χ2n) is 4.25. The monoisotopic (exact) mass is 267 g/mol. The molecule has 7 heteroatoms. The third kappa shape index (κ3) is 2.56. The first-order chi connectivity index (χ1) is 9.04. The van der Waals surface area contributed by atoms with Crippen molar-refractivity contribution in [3.63, 3.8) is 0 Å². The molecule has 2 aromatic rings. The molecule has 0 amide bonds. The molecule has 0 aliphatic carbocycles. The van der Waals surface area contributed by atoms with E-state index in [1.165, 1.54) is 16.8 Å². The van der Waals surface area contributed by atoms with Crippen LogP contribution >= 0.6 is 0 Å². The Kier molecular flexibility index (Phi) is 3.77. The van der Waals surface area contributed by atoms with Crippen LogP contribution in [0.5, 0.6) is 0 Å². The summed E-state index contributed by atoms with van der Waals surface area (Å²) >= 11 is 0. The molecule has 0 spiro atoms. The minimum atomic E-state index is -0.882. The molecule has 0 aliphatic heterocycles. The molecule has 0 fully saturated rings. The number of hydrogen-bond donors (Lipinski definition) is 3. The second kappa shape index (κ2) is 5.33. The Morgan fingerprint density at radius 3 is 2.74 bits per heavy atom. The van der Waals surface area contributed by atoms with E-state index in [2.05, 4.69) is 10.5 Å². The number of nitrogen functional groups attached to an aromatic ring is 1. The van der Waals surface area contributed by atoms with Gasteiger partial charge in [0.15, 0.2) is 11.6 Å². The summed E-state index contributed by atoms with van der Waals surface area (Å²) in [5, 5.41) is 3.99. The van der Waals surface area contributed by atoms with Gasteiger partial charge in [0.2, 0.25) is 0 Å². The lowest BCUT2D eigenvalue weighted by Crippen LogP contribution is -2.30. The molecular formula is C12H15F2N5. The molecule has 0 saturated carbocycles. The van der Waals surface area contributed by atoms with Crippen molar-refractivity contribution in [1.29, 1.82) is 0 Å². The summed E-state index contributed by atoms with van der Waals surface area (Å²) in [5.41, 5.74) is 9.26. The molecule has 5 N–H and O–H groups in total. The minimum Gasteiger partial charge on any atom is -0.384 e. The van der Waals surface area contributed by atoms with Crippen LogP contribution in [0.2, 0.25) is 0 Å². The maximum Gasteiger partial charge on any atom is 0.162 e. The fourth-order valence-electron chi connectivity index (χ4n) is 1.92. The highest BCUT2D eigenvalue weighted by Gasteiger charge is 2.19. The third-order valence-corrected chi connectivity index (χ3v) is 3.05. The van der Waals surface area contributed by atoms with Gasteiger partial charge in [0, 0.05) is 12.6 Å². The summed E-state index contributed by atoms with van der Waals surface area (Å²) in [5.74, 6) is 4.14. The van der Waals surface area contributed by atoms with Crippen molar-refractivity contribution in [2.45, 2.75) is 12.5 Å². The first kappa shape index (κ1) is 13.4. The summed E-state index contributed by atoms with van der Waals surface area (Å²) in [6, 6.07) is 3.59. The van der Waals surface area contributed by atoms with Gasteiger partial charge < -0.3 is 5.73 Å². The van der Waals surface area contributed by atoms with E-state index in [0.29, 0.717) is 11.4 Å². The van der Waals surface area contributed by atoms with Crippen LogP contribution in [0.15, 0.2) is 24.4 Å². The Balaban J connectivity index is 2.29. The van der Waals surface area contributed by atoms with Crippen LogP contribution < -0.4 is 17.0 Å². The zero-order valence-corrected chi connectivity index (χ0v) is 10.4. The summed E-state index contributed by atoms with van der Waals surface area (Å²) in [6.45, 7) is 0. The van der Waals surface area contributed by atoms with Crippen LogP contribution in [0.4, 0.5) is 14.6 Å². The zero-order valence-electron chi connectivity index (χ0n) is 10.4. The number of hydrogen-bond acceptors (Lipinski definition) is 4. The lowest BCUT2D eigenvalue weighted by atomic mass is 10.0. The van der Waals surface area contributed by atoms with Gasteiger partial charge in [-0.05, 0) is 18.1 Å². The highest BCUT2D eigenvalue weighted by atomic mass is 19.2. The summed E-state index contributed by atoms with van der Waals surface area (Å²) in [7, 11) is 1.69. The summed E-state index contributed by atoms with van der Waals surface area (Å²) in [6.07, 6.45) is 1.73. The van der Waals surface area contributed by atoms with Gasteiger partial charge >= 0.3 is 0 Å². The molecule has 1 heterocycles. The first-order valence-electron chi connectivity index (χ1n) is 5.71. The number of anilines is 1. The maximum absolute atomic E-state index is 13.6. The Morgan fingerprint density at radius 1 is 1.42 bits per heavy atom. The Morgan fingerprint density at radius 2 is 2.16 bits per heavy atom. The van der Waals surface area contributed by atoms with Gasteiger partial charge in [-0.3, -0.25) is 16.0 Å². The molecule has 1 atom stereocenters. The van der Waals surface area contributed by atoms with Crippen molar-refractivity contribution >= 4 is 5.82 Å². The first-order valence-corrected chi connectivity index (χ1v) is 5.71. The summed E-state index contributed by atoms with van der Waals surface area (Å²) in [4.78, 5) is 0. The second-order valence-corrected chi connectivity index (χ2v) is 4.25. The van der Waals surface area contributed by atoms with Crippen molar-refractivity contribution in [3.8, 4) is 0 Å².